The van der Waals surface area contributed by atoms with Crippen LogP contribution in [0.1, 0.15) is 43.0 Å². The Morgan fingerprint density at radius 1 is 0.455 bits per heavy atom. The Morgan fingerprint density at radius 2 is 0.964 bits per heavy atom. The smallest absolute Gasteiger partial charge is 0.0618 e. The summed E-state index contributed by atoms with van der Waals surface area (Å²) < 4.78 is 0. The molecule has 0 amide bonds. The van der Waals surface area contributed by atoms with Crippen molar-refractivity contribution in [1.29, 1.82) is 0 Å². The van der Waals surface area contributed by atoms with Crippen LogP contribution in [0.3, 0.4) is 0 Å². The van der Waals surface area contributed by atoms with Crippen LogP contribution in [0.2, 0.25) is 0 Å². The molecule has 0 aliphatic heterocycles. The van der Waals surface area contributed by atoms with Gasteiger partial charge in [0.05, 0.1) is 5.69 Å². The minimum atomic E-state index is 0.0884. The first-order valence-electron chi connectivity index (χ1n) is 19.3. The number of hydrogen-bond donors (Lipinski definition) is 0. The molecule has 0 aliphatic carbocycles. The van der Waals surface area contributed by atoms with Crippen molar-refractivity contribution in [1.82, 2.24) is 0 Å². The molecule has 1 heterocycles. The van der Waals surface area contributed by atoms with Gasteiger partial charge in [0.1, 0.15) is 0 Å². The molecule has 10 aromatic rings. The van der Waals surface area contributed by atoms with Crippen molar-refractivity contribution in [3.63, 3.8) is 0 Å². The van der Waals surface area contributed by atoms with Crippen molar-refractivity contribution in [3.05, 3.63) is 174 Å². The third-order valence-electron chi connectivity index (χ3n) is 11.6. The van der Waals surface area contributed by atoms with E-state index in [9.17, 15) is 0 Å². The number of fused-ring (bicyclic) bond motifs is 2. The van der Waals surface area contributed by atoms with Crippen molar-refractivity contribution in [2.75, 3.05) is 4.90 Å². The Bertz CT molecular complexity index is 2960. The van der Waals surface area contributed by atoms with Gasteiger partial charge in [0.15, 0.2) is 0 Å². The zero-order chi connectivity index (χ0) is 37.6. The predicted octanol–water partition coefficient (Wildman–Crippen LogP) is 16.0. The number of anilines is 3. The lowest BCUT2D eigenvalue weighted by molar-refractivity contribution is 0.591. The van der Waals surface area contributed by atoms with Gasteiger partial charge in [-0.2, -0.15) is 0 Å². The van der Waals surface area contributed by atoms with Crippen molar-refractivity contribution < 1.29 is 0 Å². The summed E-state index contributed by atoms with van der Waals surface area (Å²) in [5, 5.41) is 13.1. The van der Waals surface area contributed by atoms with Gasteiger partial charge < -0.3 is 4.90 Å². The third-order valence-corrected chi connectivity index (χ3v) is 12.8. The standard InChI is InChI=1S/C53H43NS/c1-32-15-21-38(22-16-32)54(39-23-17-33(2)18-24-39)52-44-13-9-7-11-41(44)50(42-12-8-10-14-45(42)52)48-28-27-47(55-48)46-29-34(3)40-25-19-35-30-37(53(4,5)6)31-36-20-26-43(46)51(40)49(35)36/h7-31H,1-6H3. The van der Waals surface area contributed by atoms with Gasteiger partial charge in [0, 0.05) is 37.5 Å². The minimum Gasteiger partial charge on any atom is -0.309 e. The van der Waals surface area contributed by atoms with Crippen LogP contribution in [-0.4, -0.2) is 0 Å². The maximum atomic E-state index is 2.45. The Kier molecular flexibility index (Phi) is 7.67. The van der Waals surface area contributed by atoms with E-state index in [0.29, 0.717) is 0 Å². The van der Waals surface area contributed by atoms with Gasteiger partial charge in [0.2, 0.25) is 0 Å². The second kappa shape index (κ2) is 12.5. The van der Waals surface area contributed by atoms with E-state index in [0.717, 1.165) is 11.4 Å². The largest absolute Gasteiger partial charge is 0.309 e. The van der Waals surface area contributed by atoms with Crippen LogP contribution < -0.4 is 4.90 Å². The normalized spacial score (nSPS) is 12.2. The third kappa shape index (κ3) is 5.42. The average Bonchev–Trinajstić information content (AvgIpc) is 3.67. The minimum absolute atomic E-state index is 0.0884. The Hall–Kier alpha value is -5.96. The van der Waals surface area contributed by atoms with Crippen molar-refractivity contribution >= 4 is 82.3 Å². The van der Waals surface area contributed by atoms with Crippen LogP contribution in [0.4, 0.5) is 17.1 Å². The van der Waals surface area contributed by atoms with Crippen LogP contribution in [0.5, 0.6) is 0 Å². The lowest BCUT2D eigenvalue weighted by Gasteiger charge is -2.29. The van der Waals surface area contributed by atoms with Crippen molar-refractivity contribution in [2.24, 2.45) is 0 Å². The summed E-state index contributed by atoms with van der Waals surface area (Å²) in [6.07, 6.45) is 0. The second-order valence-electron chi connectivity index (χ2n) is 16.4. The van der Waals surface area contributed by atoms with E-state index in [1.807, 2.05) is 11.3 Å². The summed E-state index contributed by atoms with van der Waals surface area (Å²) in [5.74, 6) is 0. The predicted molar refractivity (Wildman–Crippen MR) is 242 cm³/mol. The molecule has 0 bridgehead atoms. The molecule has 0 unspecified atom stereocenters. The number of thiophene rings is 1. The van der Waals surface area contributed by atoms with Gasteiger partial charge >= 0.3 is 0 Å². The summed E-state index contributed by atoms with van der Waals surface area (Å²) in [5.41, 5.74) is 11.4. The molecule has 0 fully saturated rings. The molecule has 0 saturated heterocycles. The molecule has 0 aliphatic rings. The van der Waals surface area contributed by atoms with Gasteiger partial charge in [-0.15, -0.1) is 11.3 Å². The van der Waals surface area contributed by atoms with Crippen LogP contribution in [0, 0.1) is 20.8 Å². The first kappa shape index (κ1) is 33.6. The van der Waals surface area contributed by atoms with Gasteiger partial charge in [-0.3, -0.25) is 0 Å². The van der Waals surface area contributed by atoms with Crippen LogP contribution >= 0.6 is 11.3 Å². The fourth-order valence-corrected chi connectivity index (χ4v) is 9.86. The number of aryl methyl sites for hydroxylation is 3. The molecule has 1 aromatic heterocycles. The Labute approximate surface area is 327 Å². The quantitative estimate of drug-likeness (QED) is 0.126. The number of benzene rings is 9. The Balaban J connectivity index is 1.20. The zero-order valence-corrected chi connectivity index (χ0v) is 33.1. The van der Waals surface area contributed by atoms with Gasteiger partial charge in [0.25, 0.3) is 0 Å². The molecule has 0 saturated carbocycles. The fraction of sp³-hybridized carbons (Fsp3) is 0.132. The van der Waals surface area contributed by atoms with Crippen LogP contribution in [-0.2, 0) is 5.41 Å². The fourth-order valence-electron chi connectivity index (χ4n) is 8.75. The first-order chi connectivity index (χ1) is 26.6. The maximum absolute atomic E-state index is 2.45. The van der Waals surface area contributed by atoms with E-state index in [2.05, 4.69) is 198 Å². The van der Waals surface area contributed by atoms with E-state index in [1.165, 1.54) is 103 Å². The summed E-state index contributed by atoms with van der Waals surface area (Å²) in [4.78, 5) is 5.03. The molecular formula is C53H43NS. The first-order valence-corrected chi connectivity index (χ1v) is 20.2. The average molecular weight is 726 g/mol. The number of rotatable bonds is 5. The van der Waals surface area contributed by atoms with Gasteiger partial charge in [-0.25, -0.2) is 0 Å². The summed E-state index contributed by atoms with van der Waals surface area (Å²) in [6.45, 7) is 13.5. The van der Waals surface area contributed by atoms with Crippen molar-refractivity contribution in [3.8, 4) is 20.9 Å². The van der Waals surface area contributed by atoms with E-state index < -0.39 is 0 Å². The molecule has 2 heteroatoms. The van der Waals surface area contributed by atoms with E-state index >= 15 is 0 Å². The second-order valence-corrected chi connectivity index (χ2v) is 17.5. The molecule has 55 heavy (non-hydrogen) atoms. The maximum Gasteiger partial charge on any atom is 0.0618 e. The highest BCUT2D eigenvalue weighted by molar-refractivity contribution is 7.19. The van der Waals surface area contributed by atoms with E-state index in [1.54, 1.807) is 0 Å². The van der Waals surface area contributed by atoms with Crippen molar-refractivity contribution in [2.45, 2.75) is 47.0 Å². The molecule has 266 valence electrons. The number of nitrogens with zero attached hydrogens (tertiary/aromatic N) is 1. The summed E-state index contributed by atoms with van der Waals surface area (Å²) in [7, 11) is 0. The highest BCUT2D eigenvalue weighted by Gasteiger charge is 2.24. The van der Waals surface area contributed by atoms with Gasteiger partial charge in [-0.1, -0.05) is 141 Å². The topological polar surface area (TPSA) is 3.24 Å². The molecule has 1 nitrogen and oxygen atoms in total. The monoisotopic (exact) mass is 725 g/mol. The SMILES string of the molecule is Cc1ccc(N(c2ccc(C)cc2)c2c3ccccc3c(-c3ccc(-c4cc(C)c5ccc6cc(C(C)(C)C)cc7ccc4c5c67)s3)c3ccccc23)cc1. The highest BCUT2D eigenvalue weighted by Crippen LogP contribution is 2.51. The zero-order valence-electron chi connectivity index (χ0n) is 32.3. The summed E-state index contributed by atoms with van der Waals surface area (Å²) >= 11 is 1.91. The highest BCUT2D eigenvalue weighted by atomic mass is 32.1. The van der Waals surface area contributed by atoms with Crippen LogP contribution in [0.15, 0.2) is 152 Å². The van der Waals surface area contributed by atoms with Crippen LogP contribution in [0.25, 0.3) is 74.7 Å². The Morgan fingerprint density at radius 3 is 1.51 bits per heavy atom. The van der Waals surface area contributed by atoms with E-state index in [4.69, 9.17) is 0 Å². The molecular weight excluding hydrogens is 683 g/mol. The molecule has 10 rings (SSSR count). The van der Waals surface area contributed by atoms with Gasteiger partial charge in [-0.05, 0) is 128 Å². The number of hydrogen-bond acceptors (Lipinski definition) is 2. The molecule has 0 atom stereocenters. The molecule has 9 aromatic carbocycles. The molecule has 0 radical (unpaired) electrons. The van der Waals surface area contributed by atoms with E-state index in [-0.39, 0.29) is 5.41 Å². The summed E-state index contributed by atoms with van der Waals surface area (Å²) in [6, 6.07) is 57.2. The molecule has 0 N–H and O–H groups in total. The molecule has 0 spiro atoms. The lowest BCUT2D eigenvalue weighted by atomic mass is 9.82. The lowest BCUT2D eigenvalue weighted by Crippen LogP contribution is -2.11.